The lowest BCUT2D eigenvalue weighted by atomic mass is 10.3. The first kappa shape index (κ1) is 20.2. The fourth-order valence-electron chi connectivity index (χ4n) is 2.11. The van der Waals surface area contributed by atoms with Crippen molar-refractivity contribution in [2.24, 2.45) is 0 Å². The quantitative estimate of drug-likeness (QED) is 0.482. The molecule has 5 heteroatoms. The monoisotopic (exact) mass is 382 g/mol. The summed E-state index contributed by atoms with van der Waals surface area (Å²) in [5.74, 6) is 1.72. The van der Waals surface area contributed by atoms with Gasteiger partial charge in [-0.15, -0.1) is 0 Å². The van der Waals surface area contributed by atoms with Crippen molar-refractivity contribution < 1.29 is 9.47 Å². The van der Waals surface area contributed by atoms with E-state index in [1.165, 1.54) is 0 Å². The molecule has 0 spiro atoms. The number of rotatable bonds is 3. The molecule has 0 saturated heterocycles. The van der Waals surface area contributed by atoms with Crippen LogP contribution >= 0.6 is 11.6 Å². The molecule has 0 aliphatic carbocycles. The summed E-state index contributed by atoms with van der Waals surface area (Å²) in [7, 11) is 3.30. The van der Waals surface area contributed by atoms with Gasteiger partial charge in [0.1, 0.15) is 11.5 Å². The van der Waals surface area contributed by atoms with E-state index in [4.69, 9.17) is 21.1 Å². The molecule has 0 unspecified atom stereocenters. The van der Waals surface area contributed by atoms with Gasteiger partial charge in [0.05, 0.1) is 14.2 Å². The summed E-state index contributed by atoms with van der Waals surface area (Å²) in [5.41, 5.74) is 1.14. The largest absolute Gasteiger partial charge is 0.497 e. The summed E-state index contributed by atoms with van der Waals surface area (Å²) in [5, 5.41) is 0.732. The van der Waals surface area contributed by atoms with Crippen LogP contribution in [0.25, 0.3) is 5.69 Å². The number of aromatic nitrogens is 2. The Bertz CT molecular complexity index is 823. The van der Waals surface area contributed by atoms with E-state index in [-0.39, 0.29) is 0 Å². The number of methoxy groups -OCH3 is 2. The first-order chi connectivity index (χ1) is 13.2. The maximum Gasteiger partial charge on any atom is 0.119 e. The van der Waals surface area contributed by atoms with Crippen molar-refractivity contribution in [1.82, 2.24) is 9.55 Å². The fraction of sp³-hybridized carbons (Fsp3) is 0.0909. The van der Waals surface area contributed by atoms with Crippen LogP contribution in [0.4, 0.5) is 0 Å². The van der Waals surface area contributed by atoms with Crippen molar-refractivity contribution in [2.75, 3.05) is 14.2 Å². The zero-order valence-electron chi connectivity index (χ0n) is 15.4. The Balaban J connectivity index is 0.000000161. The Morgan fingerprint density at radius 3 is 1.59 bits per heavy atom. The molecule has 0 fully saturated rings. The Hall–Kier alpha value is -3.11. The number of ether oxygens (including phenoxy) is 2. The number of halogens is 1. The van der Waals surface area contributed by atoms with E-state index in [9.17, 15) is 0 Å². The third kappa shape index (κ3) is 7.34. The van der Waals surface area contributed by atoms with Gasteiger partial charge in [-0.05, 0) is 72.8 Å². The molecule has 1 N–H and O–H groups in total. The van der Waals surface area contributed by atoms with Crippen molar-refractivity contribution in [3.05, 3.63) is 103 Å². The van der Waals surface area contributed by atoms with Gasteiger partial charge in [-0.3, -0.25) is 0 Å². The summed E-state index contributed by atoms with van der Waals surface area (Å²) >= 11 is 5.61. The summed E-state index contributed by atoms with van der Waals surface area (Å²) in [6.07, 6.45) is 7.78. The predicted molar refractivity (Wildman–Crippen MR) is 111 cm³/mol. The minimum Gasteiger partial charge on any atom is -0.497 e. The van der Waals surface area contributed by atoms with Crippen LogP contribution in [0.15, 0.2) is 97.6 Å². The van der Waals surface area contributed by atoms with Crippen molar-refractivity contribution >= 4 is 11.6 Å². The van der Waals surface area contributed by atoms with E-state index >= 15 is 0 Å². The molecule has 2 aromatic heterocycles. The van der Waals surface area contributed by atoms with Crippen LogP contribution in [0.1, 0.15) is 0 Å². The van der Waals surface area contributed by atoms with Crippen LogP contribution in [0.5, 0.6) is 11.5 Å². The van der Waals surface area contributed by atoms with E-state index < -0.39 is 0 Å². The molecule has 4 nitrogen and oxygen atoms in total. The SMILES string of the molecule is COc1ccc(-n2cccc2)cc1.COc1ccc(Cl)cc1.c1cc[nH]c1. The minimum absolute atomic E-state index is 0.732. The predicted octanol–water partition coefficient (Wildman–Crippen LogP) is 5.85. The summed E-state index contributed by atoms with van der Waals surface area (Å²) in [6.45, 7) is 0. The minimum atomic E-state index is 0.732. The number of aromatic amines is 1. The van der Waals surface area contributed by atoms with Crippen LogP contribution in [-0.2, 0) is 0 Å². The van der Waals surface area contributed by atoms with Gasteiger partial charge in [0.25, 0.3) is 0 Å². The van der Waals surface area contributed by atoms with Crippen LogP contribution in [-0.4, -0.2) is 23.8 Å². The van der Waals surface area contributed by atoms with Crippen molar-refractivity contribution in [2.45, 2.75) is 0 Å². The Morgan fingerprint density at radius 2 is 1.19 bits per heavy atom. The van der Waals surface area contributed by atoms with Gasteiger partial charge < -0.3 is 19.0 Å². The van der Waals surface area contributed by atoms with Crippen LogP contribution in [0.2, 0.25) is 5.02 Å². The number of hydrogen-bond donors (Lipinski definition) is 1. The molecule has 2 aromatic carbocycles. The van der Waals surface area contributed by atoms with E-state index in [1.807, 2.05) is 85.5 Å². The Kier molecular flexibility index (Phi) is 8.60. The zero-order chi connectivity index (χ0) is 19.3. The molecule has 2 heterocycles. The highest BCUT2D eigenvalue weighted by molar-refractivity contribution is 6.30. The highest BCUT2D eigenvalue weighted by Crippen LogP contribution is 2.15. The topological polar surface area (TPSA) is 39.2 Å². The molecule has 0 bridgehead atoms. The Labute approximate surface area is 165 Å². The van der Waals surface area contributed by atoms with Crippen molar-refractivity contribution in [1.29, 1.82) is 0 Å². The molecule has 4 aromatic rings. The average Bonchev–Trinajstić information content (AvgIpc) is 3.46. The number of benzene rings is 2. The van der Waals surface area contributed by atoms with Gasteiger partial charge in [-0.1, -0.05) is 11.6 Å². The highest BCUT2D eigenvalue weighted by Gasteiger charge is 1.94. The molecule has 140 valence electrons. The van der Waals surface area contributed by atoms with Crippen molar-refractivity contribution in [3.8, 4) is 17.2 Å². The van der Waals surface area contributed by atoms with Gasteiger partial charge in [0, 0.05) is 35.5 Å². The third-order valence-corrected chi connectivity index (χ3v) is 3.77. The molecule has 0 atom stereocenters. The van der Waals surface area contributed by atoms with Crippen LogP contribution in [0, 0.1) is 0 Å². The van der Waals surface area contributed by atoms with Crippen molar-refractivity contribution in [3.63, 3.8) is 0 Å². The van der Waals surface area contributed by atoms with Gasteiger partial charge in [-0.2, -0.15) is 0 Å². The molecule has 4 rings (SSSR count). The molecule has 0 radical (unpaired) electrons. The standard InChI is InChI=1S/C11H11NO.C7H7ClO.C4H5N/c1-13-11-6-4-10(5-7-11)12-8-2-3-9-12;1-9-7-4-2-6(8)3-5-7;1-2-4-5-3-1/h2-9H,1H3;2-5H,1H3;1-5H. The molecule has 0 aliphatic heterocycles. The lowest BCUT2D eigenvalue weighted by Gasteiger charge is -2.03. The van der Waals surface area contributed by atoms with Gasteiger partial charge in [0.2, 0.25) is 0 Å². The molecular weight excluding hydrogens is 360 g/mol. The summed E-state index contributed by atoms with van der Waals surface area (Å²) < 4.78 is 12.0. The van der Waals surface area contributed by atoms with Gasteiger partial charge in [-0.25, -0.2) is 0 Å². The van der Waals surface area contributed by atoms with E-state index in [1.54, 1.807) is 26.4 Å². The first-order valence-corrected chi connectivity index (χ1v) is 8.75. The molecule has 0 aliphatic rings. The average molecular weight is 383 g/mol. The maximum atomic E-state index is 5.61. The second-order valence-corrected chi connectivity index (χ2v) is 5.77. The highest BCUT2D eigenvalue weighted by atomic mass is 35.5. The molecule has 0 saturated carbocycles. The fourth-order valence-corrected chi connectivity index (χ4v) is 2.24. The zero-order valence-corrected chi connectivity index (χ0v) is 16.1. The van der Waals surface area contributed by atoms with E-state index in [2.05, 4.69) is 9.55 Å². The molecule has 27 heavy (non-hydrogen) atoms. The second-order valence-electron chi connectivity index (χ2n) is 5.33. The third-order valence-electron chi connectivity index (χ3n) is 3.52. The summed E-state index contributed by atoms with van der Waals surface area (Å²) in [6, 6.07) is 23.1. The summed E-state index contributed by atoms with van der Waals surface area (Å²) in [4.78, 5) is 2.86. The lowest BCUT2D eigenvalue weighted by molar-refractivity contribution is 0.414. The normalized spacial score (nSPS) is 9.30. The number of hydrogen-bond acceptors (Lipinski definition) is 2. The lowest BCUT2D eigenvalue weighted by Crippen LogP contribution is -1.89. The first-order valence-electron chi connectivity index (χ1n) is 8.37. The second kappa shape index (κ2) is 11.5. The number of H-pyrrole nitrogens is 1. The number of nitrogens with one attached hydrogen (secondary N) is 1. The number of nitrogens with zero attached hydrogens (tertiary/aromatic N) is 1. The van der Waals surface area contributed by atoms with Crippen LogP contribution < -0.4 is 9.47 Å². The van der Waals surface area contributed by atoms with E-state index in [0.717, 1.165) is 22.2 Å². The molecule has 0 amide bonds. The smallest absolute Gasteiger partial charge is 0.119 e. The molecular formula is C22H23ClN2O2. The van der Waals surface area contributed by atoms with E-state index in [0.29, 0.717) is 0 Å². The van der Waals surface area contributed by atoms with Crippen LogP contribution in [0.3, 0.4) is 0 Å². The maximum absolute atomic E-state index is 5.61. The van der Waals surface area contributed by atoms with Gasteiger partial charge >= 0.3 is 0 Å². The Morgan fingerprint density at radius 1 is 0.704 bits per heavy atom. The van der Waals surface area contributed by atoms with Gasteiger partial charge in [0.15, 0.2) is 0 Å².